The Morgan fingerprint density at radius 2 is 1.33 bits per heavy atom. The van der Waals surface area contributed by atoms with Crippen LogP contribution in [0.25, 0.3) is 0 Å². The van der Waals surface area contributed by atoms with Gasteiger partial charge in [0.1, 0.15) is 0 Å². The Bertz CT molecular complexity index is 328. The molecule has 18 heavy (non-hydrogen) atoms. The highest BCUT2D eigenvalue weighted by molar-refractivity contribution is 5.58. The van der Waals surface area contributed by atoms with Crippen LogP contribution in [0.15, 0.2) is 6.07 Å². The van der Waals surface area contributed by atoms with E-state index in [2.05, 4.69) is 6.07 Å². The molecule has 0 N–H and O–H groups in total. The van der Waals surface area contributed by atoms with Crippen LogP contribution in [-0.2, 0) is 0 Å². The smallest absolute Gasteiger partial charge is 0.208 e. The molecule has 1 radical (unpaired) electrons. The normalized spacial score (nSPS) is 10.0. The fourth-order valence-corrected chi connectivity index (χ4v) is 1.55. The van der Waals surface area contributed by atoms with Gasteiger partial charge in [-0.3, -0.25) is 0 Å². The van der Waals surface area contributed by atoms with E-state index in [1.54, 1.807) is 6.07 Å². The van der Waals surface area contributed by atoms with Gasteiger partial charge in [0.2, 0.25) is 11.5 Å². The van der Waals surface area contributed by atoms with Crippen molar-refractivity contribution in [3.63, 3.8) is 0 Å². The Kier molecular flexibility index (Phi) is 6.19. The molecule has 0 saturated heterocycles. The van der Waals surface area contributed by atoms with E-state index in [1.807, 2.05) is 27.7 Å². The summed E-state index contributed by atoms with van der Waals surface area (Å²) in [5.41, 5.74) is 0. The molecule has 0 bridgehead atoms. The molecule has 0 aromatic heterocycles. The second-order valence-electron chi connectivity index (χ2n) is 3.37. The van der Waals surface area contributed by atoms with Gasteiger partial charge in [-0.05, 0) is 33.8 Å². The highest BCUT2D eigenvalue weighted by Crippen LogP contribution is 2.44. The van der Waals surface area contributed by atoms with Crippen molar-refractivity contribution in [1.29, 1.82) is 0 Å². The van der Waals surface area contributed by atoms with Gasteiger partial charge >= 0.3 is 0 Å². The zero-order valence-corrected chi connectivity index (χ0v) is 11.5. The van der Waals surface area contributed by atoms with Gasteiger partial charge in [-0.15, -0.1) is 0 Å². The van der Waals surface area contributed by atoms with Gasteiger partial charge in [-0.1, -0.05) is 0 Å². The summed E-state index contributed by atoms with van der Waals surface area (Å²) in [6.45, 7) is 9.86. The van der Waals surface area contributed by atoms with Crippen molar-refractivity contribution in [3.8, 4) is 23.0 Å². The van der Waals surface area contributed by atoms with Crippen LogP contribution in [0, 0.1) is 6.07 Å². The lowest BCUT2D eigenvalue weighted by molar-refractivity contribution is 0.244. The number of hydrogen-bond donors (Lipinski definition) is 0. The minimum atomic E-state index is 0.531. The van der Waals surface area contributed by atoms with Gasteiger partial charge in [0.25, 0.3) is 0 Å². The minimum absolute atomic E-state index is 0.531. The Labute approximate surface area is 109 Å². The van der Waals surface area contributed by atoms with Crippen molar-refractivity contribution >= 4 is 0 Å². The van der Waals surface area contributed by atoms with Crippen LogP contribution < -0.4 is 18.9 Å². The Hall–Kier alpha value is -1.58. The molecule has 0 spiro atoms. The lowest BCUT2D eigenvalue weighted by Crippen LogP contribution is -2.05. The van der Waals surface area contributed by atoms with E-state index < -0.39 is 0 Å². The highest BCUT2D eigenvalue weighted by atomic mass is 16.6. The summed E-state index contributed by atoms with van der Waals surface area (Å²) in [5, 5.41) is 0. The van der Waals surface area contributed by atoms with Gasteiger partial charge in [-0.25, -0.2) is 0 Å². The molecule has 0 atom stereocenters. The minimum Gasteiger partial charge on any atom is -0.490 e. The van der Waals surface area contributed by atoms with Crippen molar-refractivity contribution in [2.24, 2.45) is 0 Å². The van der Waals surface area contributed by atoms with E-state index in [9.17, 15) is 0 Å². The lowest BCUT2D eigenvalue weighted by Gasteiger charge is -2.17. The topological polar surface area (TPSA) is 36.9 Å². The maximum Gasteiger partial charge on any atom is 0.208 e. The summed E-state index contributed by atoms with van der Waals surface area (Å²) in [6, 6.07) is 4.75. The largest absolute Gasteiger partial charge is 0.490 e. The molecule has 1 aromatic rings. The summed E-state index contributed by atoms with van der Waals surface area (Å²) in [6.07, 6.45) is 0. The molecule has 4 nitrogen and oxygen atoms in total. The van der Waals surface area contributed by atoms with E-state index in [4.69, 9.17) is 18.9 Å². The van der Waals surface area contributed by atoms with Crippen LogP contribution in [0.5, 0.6) is 23.0 Å². The van der Waals surface area contributed by atoms with Gasteiger partial charge in [-0.2, -0.15) is 0 Å². The first-order valence-corrected chi connectivity index (χ1v) is 6.38. The standard InChI is InChI=1S/C14H21O4/c1-5-15-11-9-10-12(16-6-2)14(18-8-4)13(11)17-7-3/h9H,5-8H2,1-4H3. The van der Waals surface area contributed by atoms with Gasteiger partial charge in [0.05, 0.1) is 26.4 Å². The molecule has 0 saturated carbocycles. The van der Waals surface area contributed by atoms with Crippen molar-refractivity contribution in [1.82, 2.24) is 0 Å². The Morgan fingerprint density at radius 1 is 0.778 bits per heavy atom. The SMILES string of the molecule is CCOc1[c]cc(OCC)c(OCC)c1OCC. The number of ether oxygens (including phenoxy) is 4. The summed E-state index contributed by atoms with van der Waals surface area (Å²) in [5.74, 6) is 2.34. The van der Waals surface area contributed by atoms with Crippen LogP contribution in [0.2, 0.25) is 0 Å². The molecule has 101 valence electrons. The van der Waals surface area contributed by atoms with E-state index in [0.29, 0.717) is 49.4 Å². The van der Waals surface area contributed by atoms with Crippen LogP contribution in [-0.4, -0.2) is 26.4 Å². The second-order valence-corrected chi connectivity index (χ2v) is 3.37. The van der Waals surface area contributed by atoms with Crippen molar-refractivity contribution in [2.75, 3.05) is 26.4 Å². The first-order chi connectivity index (χ1) is 8.78. The summed E-state index contributed by atoms with van der Waals surface area (Å²) < 4.78 is 22.2. The van der Waals surface area contributed by atoms with Gasteiger partial charge < -0.3 is 18.9 Å². The lowest BCUT2D eigenvalue weighted by atomic mass is 10.2. The summed E-state index contributed by atoms with van der Waals surface area (Å²) >= 11 is 0. The quantitative estimate of drug-likeness (QED) is 0.713. The molecular formula is C14H21O4. The fraction of sp³-hybridized carbons (Fsp3) is 0.571. The zero-order chi connectivity index (χ0) is 13.4. The maximum atomic E-state index is 5.61. The van der Waals surface area contributed by atoms with Crippen LogP contribution in [0.1, 0.15) is 27.7 Å². The number of hydrogen-bond acceptors (Lipinski definition) is 4. The van der Waals surface area contributed by atoms with Crippen LogP contribution >= 0.6 is 0 Å². The average molecular weight is 253 g/mol. The third kappa shape index (κ3) is 3.45. The molecule has 0 heterocycles. The molecule has 0 aliphatic heterocycles. The molecule has 0 unspecified atom stereocenters. The third-order valence-electron chi connectivity index (χ3n) is 2.14. The van der Waals surface area contributed by atoms with E-state index in [1.165, 1.54) is 0 Å². The molecule has 0 aliphatic carbocycles. The molecule has 1 aromatic carbocycles. The average Bonchev–Trinajstić information content (AvgIpc) is 2.37. The first kappa shape index (κ1) is 14.5. The maximum absolute atomic E-state index is 5.61. The van der Waals surface area contributed by atoms with Crippen molar-refractivity contribution in [3.05, 3.63) is 12.1 Å². The fourth-order valence-electron chi connectivity index (χ4n) is 1.55. The first-order valence-electron chi connectivity index (χ1n) is 6.38. The summed E-state index contributed by atoms with van der Waals surface area (Å²) in [7, 11) is 0. The second kappa shape index (κ2) is 7.69. The van der Waals surface area contributed by atoms with Crippen molar-refractivity contribution < 1.29 is 18.9 Å². The molecule has 0 aliphatic rings. The van der Waals surface area contributed by atoms with Crippen LogP contribution in [0.4, 0.5) is 0 Å². The van der Waals surface area contributed by atoms with E-state index >= 15 is 0 Å². The van der Waals surface area contributed by atoms with E-state index in [-0.39, 0.29) is 0 Å². The molecule has 0 amide bonds. The van der Waals surface area contributed by atoms with Crippen LogP contribution in [0.3, 0.4) is 0 Å². The zero-order valence-electron chi connectivity index (χ0n) is 11.5. The van der Waals surface area contributed by atoms with Crippen molar-refractivity contribution in [2.45, 2.75) is 27.7 Å². The highest BCUT2D eigenvalue weighted by Gasteiger charge is 2.18. The van der Waals surface area contributed by atoms with Gasteiger partial charge in [0.15, 0.2) is 11.5 Å². The van der Waals surface area contributed by atoms with Gasteiger partial charge in [0, 0.05) is 6.07 Å². The third-order valence-corrected chi connectivity index (χ3v) is 2.14. The number of rotatable bonds is 8. The predicted octanol–water partition coefficient (Wildman–Crippen LogP) is 3.08. The summed E-state index contributed by atoms with van der Waals surface area (Å²) in [4.78, 5) is 0. The molecular weight excluding hydrogens is 232 g/mol. The van der Waals surface area contributed by atoms with E-state index in [0.717, 1.165) is 0 Å². The Balaban J connectivity index is 3.19. The molecule has 4 heteroatoms. The molecule has 0 fully saturated rings. The monoisotopic (exact) mass is 253 g/mol. The Morgan fingerprint density at radius 3 is 1.89 bits per heavy atom. The number of benzene rings is 1. The predicted molar refractivity (Wildman–Crippen MR) is 70.0 cm³/mol. The molecule has 1 rings (SSSR count).